The van der Waals surface area contributed by atoms with Gasteiger partial charge in [-0.1, -0.05) is 11.8 Å². The lowest BCUT2D eigenvalue weighted by atomic mass is 10.2. The van der Waals surface area contributed by atoms with Gasteiger partial charge < -0.3 is 23.9 Å². The maximum absolute atomic E-state index is 11.6. The highest BCUT2D eigenvalue weighted by Crippen LogP contribution is 2.32. The molecule has 0 fully saturated rings. The highest BCUT2D eigenvalue weighted by atomic mass is 32.2. The van der Waals surface area contributed by atoms with E-state index in [-0.39, 0.29) is 23.4 Å². The van der Waals surface area contributed by atoms with E-state index in [0.29, 0.717) is 23.0 Å². The van der Waals surface area contributed by atoms with Crippen molar-refractivity contribution in [2.75, 3.05) is 33.6 Å². The second kappa shape index (κ2) is 8.92. The number of benzene rings is 1. The Kier molecular flexibility index (Phi) is 6.63. The van der Waals surface area contributed by atoms with Gasteiger partial charge in [0.25, 0.3) is 5.22 Å². The molecular weight excluding hydrogens is 350 g/mol. The number of carbonyl (C=O) groups is 2. The van der Waals surface area contributed by atoms with E-state index in [1.165, 1.54) is 14.2 Å². The molecule has 0 spiro atoms. The zero-order valence-electron chi connectivity index (χ0n) is 13.9. The van der Waals surface area contributed by atoms with Crippen molar-refractivity contribution in [3.63, 3.8) is 0 Å². The molecule has 10 heteroatoms. The lowest BCUT2D eigenvalue weighted by molar-refractivity contribution is -0.140. The predicted molar refractivity (Wildman–Crippen MR) is 88.6 cm³/mol. The Morgan fingerprint density at radius 3 is 2.60 bits per heavy atom. The molecule has 0 saturated heterocycles. The summed E-state index contributed by atoms with van der Waals surface area (Å²) in [6, 6.07) is 5.20. The normalized spacial score (nSPS) is 10.2. The molecule has 0 radical (unpaired) electrons. The Labute approximate surface area is 148 Å². The van der Waals surface area contributed by atoms with Gasteiger partial charge in [0.1, 0.15) is 6.54 Å². The third kappa shape index (κ3) is 5.11. The van der Waals surface area contributed by atoms with Crippen LogP contribution in [-0.2, 0) is 14.3 Å². The van der Waals surface area contributed by atoms with Crippen LogP contribution in [0.5, 0.6) is 11.5 Å². The third-order valence-electron chi connectivity index (χ3n) is 3.02. The SMILES string of the molecule is COC(=O)CNC(=O)CSc1nnc(-c2ccc(OC)c(OC)c2)o1. The van der Waals surface area contributed by atoms with Crippen molar-refractivity contribution in [2.45, 2.75) is 5.22 Å². The maximum Gasteiger partial charge on any atom is 0.325 e. The molecule has 9 nitrogen and oxygen atoms in total. The minimum absolute atomic E-state index is 0.0323. The van der Waals surface area contributed by atoms with Crippen LogP contribution in [0.25, 0.3) is 11.5 Å². The quantitative estimate of drug-likeness (QED) is 0.542. The van der Waals surface area contributed by atoms with E-state index in [0.717, 1.165) is 11.8 Å². The molecule has 0 atom stereocenters. The molecular formula is C15H17N3O6S. The molecule has 1 N–H and O–H groups in total. The largest absolute Gasteiger partial charge is 0.493 e. The molecule has 2 rings (SSSR count). The molecule has 0 bridgehead atoms. The second-order valence-electron chi connectivity index (χ2n) is 4.58. The van der Waals surface area contributed by atoms with Gasteiger partial charge in [-0.2, -0.15) is 0 Å². The van der Waals surface area contributed by atoms with Crippen molar-refractivity contribution >= 4 is 23.6 Å². The van der Waals surface area contributed by atoms with Crippen molar-refractivity contribution in [3.05, 3.63) is 18.2 Å². The summed E-state index contributed by atoms with van der Waals surface area (Å²) < 4.78 is 20.3. The Morgan fingerprint density at radius 2 is 1.92 bits per heavy atom. The highest BCUT2D eigenvalue weighted by Gasteiger charge is 2.14. The van der Waals surface area contributed by atoms with Crippen LogP contribution in [0.15, 0.2) is 27.8 Å². The molecule has 134 valence electrons. The van der Waals surface area contributed by atoms with E-state index >= 15 is 0 Å². The van der Waals surface area contributed by atoms with Gasteiger partial charge in [0.05, 0.1) is 27.1 Å². The molecule has 0 saturated carbocycles. The maximum atomic E-state index is 11.6. The molecule has 2 aromatic rings. The minimum Gasteiger partial charge on any atom is -0.493 e. The molecule has 0 unspecified atom stereocenters. The average molecular weight is 367 g/mol. The molecule has 1 amide bonds. The van der Waals surface area contributed by atoms with Gasteiger partial charge in [-0.25, -0.2) is 0 Å². The van der Waals surface area contributed by atoms with Gasteiger partial charge in [-0.3, -0.25) is 9.59 Å². The number of methoxy groups -OCH3 is 3. The fourth-order valence-electron chi connectivity index (χ4n) is 1.78. The minimum atomic E-state index is -0.521. The number of carbonyl (C=O) groups excluding carboxylic acids is 2. The fourth-order valence-corrected chi connectivity index (χ4v) is 2.37. The summed E-state index contributed by atoms with van der Waals surface area (Å²) in [5.74, 6) is 0.577. The summed E-state index contributed by atoms with van der Waals surface area (Å²) in [6.07, 6.45) is 0. The average Bonchev–Trinajstić information content (AvgIpc) is 3.12. The van der Waals surface area contributed by atoms with Gasteiger partial charge in [-0.15, -0.1) is 10.2 Å². The zero-order valence-corrected chi connectivity index (χ0v) is 14.7. The number of aromatic nitrogens is 2. The van der Waals surface area contributed by atoms with Gasteiger partial charge in [-0.05, 0) is 18.2 Å². The third-order valence-corrected chi connectivity index (χ3v) is 3.84. The van der Waals surface area contributed by atoms with Gasteiger partial charge in [0, 0.05) is 5.56 Å². The van der Waals surface area contributed by atoms with Crippen molar-refractivity contribution in [1.29, 1.82) is 0 Å². The molecule has 0 aliphatic heterocycles. The number of nitrogens with one attached hydrogen (secondary N) is 1. The first-order chi connectivity index (χ1) is 12.1. The topological polar surface area (TPSA) is 113 Å². The molecule has 1 aromatic heterocycles. The number of thioether (sulfide) groups is 1. The predicted octanol–water partition coefficient (Wildman–Crippen LogP) is 1.14. The first kappa shape index (κ1) is 18.6. The fraction of sp³-hybridized carbons (Fsp3) is 0.333. The number of rotatable bonds is 8. The van der Waals surface area contributed by atoms with E-state index < -0.39 is 5.97 Å². The Bertz CT molecular complexity index is 749. The summed E-state index contributed by atoms with van der Waals surface area (Å²) in [7, 11) is 4.32. The van der Waals surface area contributed by atoms with E-state index in [2.05, 4.69) is 20.3 Å². The first-order valence-corrected chi connectivity index (χ1v) is 8.08. The monoisotopic (exact) mass is 367 g/mol. The van der Waals surface area contributed by atoms with E-state index in [1.54, 1.807) is 25.3 Å². The standard InChI is InChI=1S/C15H17N3O6S/c1-21-10-5-4-9(6-11(10)22-2)14-17-18-15(24-14)25-8-12(19)16-7-13(20)23-3/h4-6H,7-8H2,1-3H3,(H,16,19). The van der Waals surface area contributed by atoms with Crippen LogP contribution in [0.3, 0.4) is 0 Å². The number of nitrogens with zero attached hydrogens (tertiary/aromatic N) is 2. The van der Waals surface area contributed by atoms with Gasteiger partial charge >= 0.3 is 5.97 Å². The van der Waals surface area contributed by atoms with E-state index in [1.807, 2.05) is 0 Å². The molecule has 1 heterocycles. The molecule has 1 aromatic carbocycles. The zero-order chi connectivity index (χ0) is 18.2. The Morgan fingerprint density at radius 1 is 1.16 bits per heavy atom. The summed E-state index contributed by atoms with van der Waals surface area (Å²) in [5.41, 5.74) is 0.659. The number of hydrogen-bond acceptors (Lipinski definition) is 9. The lowest BCUT2D eigenvalue weighted by Crippen LogP contribution is -2.31. The van der Waals surface area contributed by atoms with E-state index in [9.17, 15) is 9.59 Å². The van der Waals surface area contributed by atoms with Crippen LogP contribution >= 0.6 is 11.8 Å². The van der Waals surface area contributed by atoms with Crippen molar-refractivity contribution in [1.82, 2.24) is 15.5 Å². The van der Waals surface area contributed by atoms with Crippen molar-refractivity contribution < 1.29 is 28.2 Å². The smallest absolute Gasteiger partial charge is 0.325 e. The number of esters is 1. The summed E-state index contributed by atoms with van der Waals surface area (Å²) in [5, 5.41) is 10.5. The lowest BCUT2D eigenvalue weighted by Gasteiger charge is -2.07. The molecule has 25 heavy (non-hydrogen) atoms. The van der Waals surface area contributed by atoms with Crippen LogP contribution in [0, 0.1) is 0 Å². The van der Waals surface area contributed by atoms with Crippen molar-refractivity contribution in [2.24, 2.45) is 0 Å². The first-order valence-electron chi connectivity index (χ1n) is 7.09. The van der Waals surface area contributed by atoms with Crippen LogP contribution in [-0.4, -0.2) is 55.7 Å². The van der Waals surface area contributed by atoms with Crippen LogP contribution in [0.2, 0.25) is 0 Å². The highest BCUT2D eigenvalue weighted by molar-refractivity contribution is 7.99. The number of ether oxygens (including phenoxy) is 3. The van der Waals surface area contributed by atoms with Crippen molar-refractivity contribution in [3.8, 4) is 23.0 Å². The summed E-state index contributed by atoms with van der Waals surface area (Å²) in [4.78, 5) is 22.6. The Hall–Kier alpha value is -2.75. The number of amides is 1. The van der Waals surface area contributed by atoms with Crippen LogP contribution in [0.4, 0.5) is 0 Å². The van der Waals surface area contributed by atoms with Crippen LogP contribution < -0.4 is 14.8 Å². The van der Waals surface area contributed by atoms with Gasteiger partial charge in [0.15, 0.2) is 11.5 Å². The molecule has 0 aliphatic carbocycles. The van der Waals surface area contributed by atoms with E-state index in [4.69, 9.17) is 13.9 Å². The van der Waals surface area contributed by atoms with Crippen LogP contribution in [0.1, 0.15) is 0 Å². The second-order valence-corrected chi connectivity index (χ2v) is 5.51. The van der Waals surface area contributed by atoms with Gasteiger partial charge in [0.2, 0.25) is 11.8 Å². The number of hydrogen-bond donors (Lipinski definition) is 1. The Balaban J connectivity index is 1.96. The molecule has 0 aliphatic rings. The summed E-state index contributed by atoms with van der Waals surface area (Å²) >= 11 is 1.06. The summed E-state index contributed by atoms with van der Waals surface area (Å²) in [6.45, 7) is -0.184.